The van der Waals surface area contributed by atoms with Crippen LogP contribution in [0.25, 0.3) is 11.3 Å². The number of nitrogens with zero attached hydrogens (tertiary/aromatic N) is 2. The summed E-state index contributed by atoms with van der Waals surface area (Å²) >= 11 is 0. The Kier molecular flexibility index (Phi) is 6.36. The predicted octanol–water partition coefficient (Wildman–Crippen LogP) is 4.35. The Bertz CT molecular complexity index is 1020. The molecular weight excluding hydrogens is 429 g/mol. The fraction of sp³-hybridized carbons (Fsp3) is 0.615. The topological polar surface area (TPSA) is 87.7 Å². The molecule has 1 aliphatic carbocycles. The quantitative estimate of drug-likeness (QED) is 0.619. The van der Waals surface area contributed by atoms with Crippen LogP contribution in [0.4, 0.5) is 4.79 Å². The first-order valence-corrected chi connectivity index (χ1v) is 12.2. The van der Waals surface area contributed by atoms with Gasteiger partial charge in [-0.05, 0) is 79.2 Å². The van der Waals surface area contributed by atoms with E-state index in [9.17, 15) is 9.90 Å². The molecule has 1 saturated carbocycles. The summed E-state index contributed by atoms with van der Waals surface area (Å²) in [6.45, 7) is 12.9. The largest absolute Gasteiger partial charge is 0.444 e. The summed E-state index contributed by atoms with van der Waals surface area (Å²) in [6, 6.07) is 8.11. The number of fused-ring (bicyclic) bond motifs is 2. The zero-order valence-corrected chi connectivity index (χ0v) is 21.4. The Hall–Kier alpha value is -2.32. The number of ether oxygens (including phenoxy) is 1. The number of carbonyl (C=O) groups excluding carboxylic acids is 1. The number of H-pyrrole nitrogens is 1. The van der Waals surface area contributed by atoms with Crippen molar-refractivity contribution in [3.8, 4) is 11.3 Å². The van der Waals surface area contributed by atoms with Crippen molar-refractivity contribution < 1.29 is 19.3 Å². The van der Waals surface area contributed by atoms with E-state index in [1.807, 2.05) is 70.0 Å². The number of carbonyl (C=O) groups is 1. The first kappa shape index (κ1) is 24.8. The van der Waals surface area contributed by atoms with Gasteiger partial charge in [0.2, 0.25) is 0 Å². The van der Waals surface area contributed by atoms with Crippen LogP contribution in [0.1, 0.15) is 79.6 Å². The predicted molar refractivity (Wildman–Crippen MR) is 133 cm³/mol. The van der Waals surface area contributed by atoms with Crippen molar-refractivity contribution >= 4 is 19.0 Å². The monoisotopic (exact) mass is 466 g/mol. The van der Waals surface area contributed by atoms with E-state index in [4.69, 9.17) is 9.39 Å². The number of amides is 1. The molecule has 1 radical (unpaired) electrons. The Morgan fingerprint density at radius 1 is 1.12 bits per heavy atom. The van der Waals surface area contributed by atoms with Crippen LogP contribution in [0, 0.1) is 5.92 Å². The van der Waals surface area contributed by atoms with Crippen molar-refractivity contribution in [3.05, 3.63) is 36.3 Å². The molecule has 2 bridgehead atoms. The number of benzene rings is 1. The van der Waals surface area contributed by atoms with Crippen molar-refractivity contribution in [2.75, 3.05) is 0 Å². The maximum Gasteiger partial charge on any atom is 0.411 e. The highest BCUT2D eigenvalue weighted by Crippen LogP contribution is 2.50. The van der Waals surface area contributed by atoms with E-state index >= 15 is 0 Å². The van der Waals surface area contributed by atoms with E-state index in [1.165, 1.54) is 0 Å². The van der Waals surface area contributed by atoms with Gasteiger partial charge in [-0.15, -0.1) is 0 Å². The van der Waals surface area contributed by atoms with Crippen LogP contribution in [-0.4, -0.2) is 56.4 Å². The molecule has 1 aromatic heterocycles. The summed E-state index contributed by atoms with van der Waals surface area (Å²) in [5, 5.41) is 10.3. The van der Waals surface area contributed by atoms with E-state index in [1.54, 1.807) is 21.3 Å². The Morgan fingerprint density at radius 3 is 2.41 bits per heavy atom. The van der Waals surface area contributed by atoms with Crippen molar-refractivity contribution in [2.45, 2.75) is 96.6 Å². The third kappa shape index (κ3) is 5.03. The van der Waals surface area contributed by atoms with E-state index in [0.29, 0.717) is 5.92 Å². The lowest BCUT2D eigenvalue weighted by molar-refractivity contribution is -0.0893. The molecule has 4 rings (SSSR count). The standard InChI is InChI=1S/C26H37BN3O4/c1-24(2,3)33-23(31)30-19-13-10-17(14-19)21(30)22-28-15-20(29-22)16-8-11-18(12-9-16)27-34-26(6,7)25(4,5)32/h8-9,11-12,15,17,19,21,32H,10,13-14H2,1-7H3,(H,28,29)/t17-,19+,21-/m0/s1. The molecule has 3 atom stereocenters. The lowest BCUT2D eigenvalue weighted by Gasteiger charge is -2.37. The highest BCUT2D eigenvalue weighted by atomic mass is 16.6. The summed E-state index contributed by atoms with van der Waals surface area (Å²) in [5.74, 6) is 1.23. The van der Waals surface area contributed by atoms with Crippen molar-refractivity contribution in [1.82, 2.24) is 14.9 Å². The molecule has 8 heteroatoms. The molecule has 183 valence electrons. The lowest BCUT2D eigenvalue weighted by atomic mass is 9.82. The molecule has 2 fully saturated rings. The van der Waals surface area contributed by atoms with Gasteiger partial charge in [0.15, 0.2) is 0 Å². The van der Waals surface area contributed by atoms with E-state index in [2.05, 4.69) is 9.97 Å². The van der Waals surface area contributed by atoms with E-state index < -0.39 is 16.8 Å². The third-order valence-electron chi connectivity index (χ3n) is 7.25. The second-order valence-corrected chi connectivity index (χ2v) is 11.7. The molecule has 0 spiro atoms. The number of nitrogens with one attached hydrogen (secondary N) is 1. The minimum Gasteiger partial charge on any atom is -0.444 e. The number of aromatic nitrogens is 2. The van der Waals surface area contributed by atoms with Gasteiger partial charge in [-0.2, -0.15) is 0 Å². The molecule has 2 aromatic rings. The molecule has 1 saturated heterocycles. The molecular formula is C26H37BN3O4. The van der Waals surface area contributed by atoms with Crippen LogP contribution in [0.2, 0.25) is 0 Å². The SMILES string of the molecule is CC(C)(C)OC(=O)N1[C@@H]2CC[C@@H](C2)[C@H]1c1ncc(-c2ccc([B]OC(C)(C)C(C)(C)O)cc2)[nH]1. The maximum atomic E-state index is 13.0. The first-order chi connectivity index (χ1) is 15.7. The van der Waals surface area contributed by atoms with Gasteiger partial charge in [-0.1, -0.05) is 29.7 Å². The molecule has 2 N–H and O–H groups in total. The Labute approximate surface area is 203 Å². The minimum atomic E-state index is -0.970. The summed E-state index contributed by atoms with van der Waals surface area (Å²) in [7, 11) is 1.67. The fourth-order valence-corrected chi connectivity index (χ4v) is 4.65. The number of likely N-dealkylation sites (tertiary alicyclic amines) is 1. The minimum absolute atomic E-state index is 0.0765. The molecule has 2 aliphatic rings. The zero-order chi connectivity index (χ0) is 24.9. The number of hydrogen-bond acceptors (Lipinski definition) is 5. The van der Waals surface area contributed by atoms with E-state index in [0.717, 1.165) is 41.8 Å². The van der Waals surface area contributed by atoms with Gasteiger partial charge >= 0.3 is 13.6 Å². The number of imidazole rings is 1. The van der Waals surface area contributed by atoms with Crippen LogP contribution in [0.5, 0.6) is 0 Å². The lowest BCUT2D eigenvalue weighted by Crippen LogP contribution is -2.49. The molecule has 1 aliphatic heterocycles. The molecule has 2 heterocycles. The maximum absolute atomic E-state index is 13.0. The highest BCUT2D eigenvalue weighted by molar-refractivity contribution is 6.47. The zero-order valence-electron chi connectivity index (χ0n) is 21.4. The van der Waals surface area contributed by atoms with Gasteiger partial charge in [-0.3, -0.25) is 4.90 Å². The number of aromatic amines is 1. The van der Waals surface area contributed by atoms with Crippen LogP contribution in [0.3, 0.4) is 0 Å². The van der Waals surface area contributed by atoms with E-state index in [-0.39, 0.29) is 18.2 Å². The van der Waals surface area contributed by atoms with Crippen LogP contribution in [-0.2, 0) is 9.39 Å². The summed E-state index contributed by atoms with van der Waals surface area (Å²) < 4.78 is 11.6. The van der Waals surface area contributed by atoms with Crippen LogP contribution in [0.15, 0.2) is 30.5 Å². The first-order valence-electron chi connectivity index (χ1n) is 12.2. The van der Waals surface area contributed by atoms with Crippen molar-refractivity contribution in [2.24, 2.45) is 5.92 Å². The second-order valence-electron chi connectivity index (χ2n) is 11.7. The molecule has 34 heavy (non-hydrogen) atoms. The van der Waals surface area contributed by atoms with Gasteiger partial charge in [0.05, 0.1) is 29.1 Å². The normalized spacial score (nSPS) is 22.8. The molecule has 0 unspecified atom stereocenters. The fourth-order valence-electron chi connectivity index (χ4n) is 4.65. The molecule has 1 amide bonds. The number of rotatable bonds is 6. The number of hydrogen-bond donors (Lipinski definition) is 2. The summed E-state index contributed by atoms with van der Waals surface area (Å²) in [4.78, 5) is 23.0. The Morgan fingerprint density at radius 2 is 1.79 bits per heavy atom. The molecule has 1 aromatic carbocycles. The smallest absolute Gasteiger partial charge is 0.411 e. The van der Waals surface area contributed by atoms with Gasteiger partial charge in [0, 0.05) is 6.04 Å². The molecule has 7 nitrogen and oxygen atoms in total. The number of piperidine rings is 1. The summed E-state index contributed by atoms with van der Waals surface area (Å²) in [5.41, 5.74) is 0.608. The van der Waals surface area contributed by atoms with Crippen molar-refractivity contribution in [1.29, 1.82) is 0 Å². The van der Waals surface area contributed by atoms with Crippen LogP contribution < -0.4 is 5.46 Å². The second kappa shape index (κ2) is 8.72. The third-order valence-corrected chi connectivity index (χ3v) is 7.25. The highest BCUT2D eigenvalue weighted by Gasteiger charge is 2.51. The summed E-state index contributed by atoms with van der Waals surface area (Å²) in [6.07, 6.45) is 4.72. The van der Waals surface area contributed by atoms with Crippen molar-refractivity contribution in [3.63, 3.8) is 0 Å². The average molecular weight is 466 g/mol. The average Bonchev–Trinajstić information content (AvgIpc) is 3.46. The van der Waals surface area contributed by atoms with Gasteiger partial charge in [0.25, 0.3) is 0 Å². The Balaban J connectivity index is 1.47. The van der Waals surface area contributed by atoms with Gasteiger partial charge < -0.3 is 19.5 Å². The van der Waals surface area contributed by atoms with Gasteiger partial charge in [0.1, 0.15) is 11.4 Å². The van der Waals surface area contributed by atoms with Gasteiger partial charge in [-0.25, -0.2) is 9.78 Å². The number of aliphatic hydroxyl groups is 1. The van der Waals surface area contributed by atoms with Crippen LogP contribution >= 0.6 is 0 Å².